The molecule has 2 unspecified atom stereocenters. The summed E-state index contributed by atoms with van der Waals surface area (Å²) in [6, 6.07) is 0. The number of carbonyl (C=O) groups is 2. The van der Waals surface area contributed by atoms with Crippen molar-refractivity contribution >= 4 is 19.8 Å². The van der Waals surface area contributed by atoms with E-state index in [9.17, 15) is 19.0 Å². The third-order valence-electron chi connectivity index (χ3n) is 16.0. The Morgan fingerprint density at radius 2 is 0.536 bits per heavy atom. The van der Waals surface area contributed by atoms with Crippen molar-refractivity contribution in [3.63, 3.8) is 0 Å². The van der Waals surface area contributed by atoms with E-state index in [1.807, 2.05) is 0 Å². The molecule has 0 radical (unpaired) electrons. The van der Waals surface area contributed by atoms with Gasteiger partial charge in [-0.25, -0.2) is 4.57 Å². The van der Waals surface area contributed by atoms with Crippen LogP contribution in [0.25, 0.3) is 0 Å². The highest BCUT2D eigenvalue weighted by Gasteiger charge is 2.26. The largest absolute Gasteiger partial charge is 0.472 e. The van der Waals surface area contributed by atoms with E-state index in [0.717, 1.165) is 154 Å². The third-order valence-corrected chi connectivity index (χ3v) is 17.0. The molecule has 0 aliphatic carbocycles. The fourth-order valence-corrected chi connectivity index (χ4v) is 11.1. The number of rotatable bonds is 71. The quantitative estimate of drug-likeness (QED) is 0.0264. The molecule has 0 fully saturated rings. The zero-order valence-electron chi connectivity index (χ0n) is 61.7. The first-order valence-corrected chi connectivity index (χ1v) is 40.4. The highest BCUT2D eigenvalue weighted by Crippen LogP contribution is 2.43. The Bertz CT molecular complexity index is 2300. The molecule has 9 nitrogen and oxygen atoms in total. The molecule has 0 aromatic heterocycles. The van der Waals surface area contributed by atoms with Crippen molar-refractivity contribution < 1.29 is 37.6 Å². The van der Waals surface area contributed by atoms with E-state index in [1.165, 1.54) is 122 Å². The minimum absolute atomic E-state index is 0.0436. The summed E-state index contributed by atoms with van der Waals surface area (Å²) < 4.78 is 33.2. The lowest BCUT2D eigenvalue weighted by molar-refractivity contribution is -0.161. The van der Waals surface area contributed by atoms with E-state index in [2.05, 4.69) is 208 Å². The van der Waals surface area contributed by atoms with Gasteiger partial charge in [-0.2, -0.15) is 0 Å². The topological polar surface area (TPSA) is 134 Å². The minimum Gasteiger partial charge on any atom is -0.462 e. The summed E-state index contributed by atoms with van der Waals surface area (Å²) >= 11 is 0. The van der Waals surface area contributed by atoms with Gasteiger partial charge in [-0.3, -0.25) is 18.6 Å². The van der Waals surface area contributed by atoms with Crippen molar-refractivity contribution in [2.75, 3.05) is 26.4 Å². The SMILES string of the molecule is CC/C=C\C/C=C\C/C=C\C/C=C\C/C=C\C/C=C\C/C=C\C/C=C\C/C=C\C/C=C\C/C=C\CCCCCCCCCC(=O)OC(COC(=O)CCCCCCCCCCCCCCCCCCCCC/C=C\C/C=C\C/C=C\C/C=C\C/C=C\CC)COP(=O)(O)OCCN. The standard InChI is InChI=1S/C87H142NO8P/c1-3-5-7-9-11-13-15-17-19-21-23-25-27-29-31-33-35-37-39-40-41-42-43-44-46-48-50-52-54-56-58-60-62-64-66-68-70-72-74-76-78-80-87(90)96-85(84-95-97(91,92)94-82-81-88)83-93-86(89)79-77-75-73-71-69-67-65-63-61-59-57-55-53-51-49-47-45-38-36-34-32-30-28-26-24-22-20-18-16-14-12-10-8-6-4-2/h5-8,11-14,17-20,23-26,29-32,35,37,40-41,43-44,48,50,54,56,60,62,85H,3-4,9-10,15-16,21-22,27-28,33-34,36,38-39,42,45-47,49,51-53,55,57-59,61,63-84,88H2,1-2H3,(H,91,92)/b7-5-,8-6-,13-11-,14-12-,19-17-,20-18-,25-23-,26-24-,31-29-,32-30-,37-35-,41-40-,44-43-,50-48-,56-54-,62-60-. The van der Waals surface area contributed by atoms with Crippen LogP contribution in [0, 0.1) is 0 Å². The van der Waals surface area contributed by atoms with Gasteiger partial charge in [0.15, 0.2) is 6.10 Å². The maximum Gasteiger partial charge on any atom is 0.472 e. The Morgan fingerprint density at radius 1 is 0.309 bits per heavy atom. The molecule has 0 bridgehead atoms. The van der Waals surface area contributed by atoms with Gasteiger partial charge in [0.1, 0.15) is 6.61 Å². The lowest BCUT2D eigenvalue weighted by Gasteiger charge is -2.19. The molecular weight excluding hydrogens is 1220 g/mol. The van der Waals surface area contributed by atoms with E-state index in [-0.39, 0.29) is 38.6 Å². The number of ether oxygens (including phenoxy) is 2. The van der Waals surface area contributed by atoms with E-state index in [1.54, 1.807) is 0 Å². The summed E-state index contributed by atoms with van der Waals surface area (Å²) in [5, 5.41) is 0. The molecule has 0 aromatic carbocycles. The highest BCUT2D eigenvalue weighted by molar-refractivity contribution is 7.47. The van der Waals surface area contributed by atoms with E-state index >= 15 is 0 Å². The Morgan fingerprint density at radius 3 is 0.794 bits per heavy atom. The maximum absolute atomic E-state index is 12.8. The number of nitrogens with two attached hydrogens (primary N) is 1. The molecule has 0 saturated carbocycles. The zero-order chi connectivity index (χ0) is 70.0. The van der Waals surface area contributed by atoms with Crippen molar-refractivity contribution in [2.24, 2.45) is 5.73 Å². The fourth-order valence-electron chi connectivity index (χ4n) is 10.3. The molecule has 0 heterocycles. The second kappa shape index (κ2) is 79.8. The molecule has 0 rings (SSSR count). The van der Waals surface area contributed by atoms with Crippen LogP contribution in [-0.2, 0) is 32.7 Å². The molecule has 2 atom stereocenters. The Hall–Kier alpha value is -5.15. The average Bonchev–Trinajstić information content (AvgIpc) is 2.57. The van der Waals surface area contributed by atoms with Crippen molar-refractivity contribution in [3.8, 4) is 0 Å². The van der Waals surface area contributed by atoms with Gasteiger partial charge in [0.2, 0.25) is 0 Å². The van der Waals surface area contributed by atoms with Crippen LogP contribution in [0.3, 0.4) is 0 Å². The lowest BCUT2D eigenvalue weighted by atomic mass is 10.0. The molecule has 0 spiro atoms. The predicted octanol–water partition coefficient (Wildman–Crippen LogP) is 26.4. The Labute approximate surface area is 596 Å². The summed E-state index contributed by atoms with van der Waals surface area (Å²) in [4.78, 5) is 35.5. The summed E-state index contributed by atoms with van der Waals surface area (Å²) in [5.74, 6) is -0.843. The number of hydrogen-bond donors (Lipinski definition) is 2. The zero-order valence-corrected chi connectivity index (χ0v) is 62.6. The number of carbonyl (C=O) groups excluding carboxylic acids is 2. The van der Waals surface area contributed by atoms with Gasteiger partial charge in [0.25, 0.3) is 0 Å². The molecule has 3 N–H and O–H groups in total. The molecule has 0 aliphatic heterocycles. The molecule has 0 aliphatic rings. The van der Waals surface area contributed by atoms with Crippen LogP contribution in [-0.4, -0.2) is 49.3 Å². The van der Waals surface area contributed by atoms with Gasteiger partial charge in [-0.1, -0.05) is 350 Å². The number of esters is 2. The van der Waals surface area contributed by atoms with Crippen LogP contribution in [0.4, 0.5) is 0 Å². The van der Waals surface area contributed by atoms with Crippen molar-refractivity contribution in [2.45, 2.75) is 315 Å². The number of unbranched alkanes of at least 4 members (excludes halogenated alkanes) is 26. The fraction of sp³-hybridized carbons (Fsp3) is 0.609. The molecule has 0 aromatic rings. The predicted molar refractivity (Wildman–Crippen MR) is 422 cm³/mol. The molecule has 0 amide bonds. The first-order valence-electron chi connectivity index (χ1n) is 38.9. The molecule has 0 saturated heterocycles. The van der Waals surface area contributed by atoms with Crippen molar-refractivity contribution in [1.82, 2.24) is 0 Å². The minimum atomic E-state index is -4.41. The monoisotopic (exact) mass is 1360 g/mol. The molecule has 97 heavy (non-hydrogen) atoms. The van der Waals surface area contributed by atoms with Gasteiger partial charge >= 0.3 is 19.8 Å². The van der Waals surface area contributed by atoms with Gasteiger partial charge in [0.05, 0.1) is 13.2 Å². The number of phosphoric acid groups is 1. The second-order valence-electron chi connectivity index (χ2n) is 25.1. The molecule has 548 valence electrons. The van der Waals surface area contributed by atoms with Crippen LogP contribution < -0.4 is 5.73 Å². The number of phosphoric ester groups is 1. The molecular formula is C87H142NO8P. The number of allylic oxidation sites excluding steroid dienone is 32. The van der Waals surface area contributed by atoms with Crippen LogP contribution >= 0.6 is 7.82 Å². The first-order chi connectivity index (χ1) is 47.8. The van der Waals surface area contributed by atoms with Crippen LogP contribution in [0.1, 0.15) is 309 Å². The molecule has 10 heteroatoms. The van der Waals surface area contributed by atoms with Crippen LogP contribution in [0.15, 0.2) is 194 Å². The van der Waals surface area contributed by atoms with Crippen LogP contribution in [0.2, 0.25) is 0 Å². The first kappa shape index (κ1) is 91.8. The Kier molecular flexibility index (Phi) is 75.6. The average molecular weight is 1360 g/mol. The normalized spacial score (nSPS) is 14.0. The van der Waals surface area contributed by atoms with E-state index in [0.29, 0.717) is 6.42 Å². The third kappa shape index (κ3) is 79.7. The van der Waals surface area contributed by atoms with E-state index < -0.39 is 26.5 Å². The Balaban J connectivity index is 3.93. The van der Waals surface area contributed by atoms with Gasteiger partial charge in [-0.05, 0) is 141 Å². The van der Waals surface area contributed by atoms with Crippen molar-refractivity contribution in [3.05, 3.63) is 194 Å². The van der Waals surface area contributed by atoms with Gasteiger partial charge in [0, 0.05) is 19.4 Å². The van der Waals surface area contributed by atoms with Crippen LogP contribution in [0.5, 0.6) is 0 Å². The summed E-state index contributed by atoms with van der Waals surface area (Å²) in [5.41, 5.74) is 5.41. The van der Waals surface area contributed by atoms with E-state index in [4.69, 9.17) is 24.3 Å². The summed E-state index contributed by atoms with van der Waals surface area (Å²) in [7, 11) is -4.41. The summed E-state index contributed by atoms with van der Waals surface area (Å²) in [6.45, 7) is 3.51. The lowest BCUT2D eigenvalue weighted by Crippen LogP contribution is -2.29. The number of hydrogen-bond acceptors (Lipinski definition) is 8. The van der Waals surface area contributed by atoms with Crippen molar-refractivity contribution in [1.29, 1.82) is 0 Å². The van der Waals surface area contributed by atoms with Gasteiger partial charge in [-0.15, -0.1) is 0 Å². The summed E-state index contributed by atoms with van der Waals surface area (Å²) in [6.07, 6.45) is 121. The maximum atomic E-state index is 12.8. The highest BCUT2D eigenvalue weighted by atomic mass is 31.2. The smallest absolute Gasteiger partial charge is 0.462 e. The second-order valence-corrected chi connectivity index (χ2v) is 26.6. The van der Waals surface area contributed by atoms with Gasteiger partial charge < -0.3 is 20.1 Å².